The smallest absolute Gasteiger partial charge is 0.236 e. The molecule has 2 unspecified atom stereocenters. The van der Waals surface area contributed by atoms with Crippen molar-refractivity contribution in [1.29, 1.82) is 0 Å². The maximum absolute atomic E-state index is 11.0. The van der Waals surface area contributed by atoms with E-state index in [9.17, 15) is 4.79 Å². The molecular weight excluding hydrogens is 156 g/mol. The van der Waals surface area contributed by atoms with Crippen molar-refractivity contribution in [2.75, 3.05) is 19.8 Å². The predicted molar refractivity (Wildman–Crippen MR) is 45.6 cm³/mol. The Kier molecular flexibility index (Phi) is 3.49. The second kappa shape index (κ2) is 4.42. The van der Waals surface area contributed by atoms with Crippen LogP contribution in [-0.4, -0.2) is 31.7 Å². The highest BCUT2D eigenvalue weighted by Gasteiger charge is 2.16. The summed E-state index contributed by atoms with van der Waals surface area (Å²) in [7, 11) is 0. The summed E-state index contributed by atoms with van der Waals surface area (Å²) in [6, 6.07) is -0.410. The summed E-state index contributed by atoms with van der Waals surface area (Å²) >= 11 is 0. The standard InChI is InChI=1S/C8H16N2O2/c1-6(9)8(11)10-4-7-2-3-12-5-7/h6-7H,2-5,9H2,1H3,(H,10,11). The lowest BCUT2D eigenvalue weighted by Crippen LogP contribution is -2.40. The van der Waals surface area contributed by atoms with Gasteiger partial charge in [-0.3, -0.25) is 4.79 Å². The van der Waals surface area contributed by atoms with Crippen molar-refractivity contribution >= 4 is 5.91 Å². The van der Waals surface area contributed by atoms with Crippen molar-refractivity contribution < 1.29 is 9.53 Å². The first-order chi connectivity index (χ1) is 5.70. The minimum absolute atomic E-state index is 0.0816. The van der Waals surface area contributed by atoms with Gasteiger partial charge in [-0.1, -0.05) is 0 Å². The number of hydrogen-bond donors (Lipinski definition) is 2. The molecule has 0 aromatic heterocycles. The zero-order valence-electron chi connectivity index (χ0n) is 7.38. The van der Waals surface area contributed by atoms with Crippen LogP contribution in [0.15, 0.2) is 0 Å². The van der Waals surface area contributed by atoms with E-state index < -0.39 is 6.04 Å². The number of carbonyl (C=O) groups is 1. The molecule has 2 atom stereocenters. The number of nitrogens with two attached hydrogens (primary N) is 1. The van der Waals surface area contributed by atoms with Crippen molar-refractivity contribution in [3.05, 3.63) is 0 Å². The maximum atomic E-state index is 11.0. The van der Waals surface area contributed by atoms with E-state index in [1.807, 2.05) is 0 Å². The summed E-state index contributed by atoms with van der Waals surface area (Å²) in [5, 5.41) is 2.78. The van der Waals surface area contributed by atoms with Crippen molar-refractivity contribution in [3.63, 3.8) is 0 Å². The average molecular weight is 172 g/mol. The molecule has 1 heterocycles. The fourth-order valence-corrected chi connectivity index (χ4v) is 1.15. The zero-order chi connectivity index (χ0) is 8.97. The van der Waals surface area contributed by atoms with Crippen LogP contribution in [-0.2, 0) is 9.53 Å². The second-order valence-corrected chi connectivity index (χ2v) is 3.26. The Morgan fingerprint density at radius 2 is 2.58 bits per heavy atom. The van der Waals surface area contributed by atoms with E-state index in [1.54, 1.807) is 6.92 Å². The predicted octanol–water partition coefficient (Wildman–Crippen LogP) is -0.514. The third-order valence-corrected chi connectivity index (χ3v) is 2.00. The molecule has 3 N–H and O–H groups in total. The van der Waals surface area contributed by atoms with Gasteiger partial charge in [0.2, 0.25) is 5.91 Å². The lowest BCUT2D eigenvalue weighted by molar-refractivity contribution is -0.122. The highest BCUT2D eigenvalue weighted by Crippen LogP contribution is 2.10. The molecule has 4 heteroatoms. The van der Waals surface area contributed by atoms with Gasteiger partial charge < -0.3 is 15.8 Å². The molecule has 1 amide bonds. The second-order valence-electron chi connectivity index (χ2n) is 3.26. The summed E-state index contributed by atoms with van der Waals surface area (Å²) in [4.78, 5) is 11.0. The molecular formula is C8H16N2O2. The van der Waals surface area contributed by atoms with Crippen LogP contribution in [0.4, 0.5) is 0 Å². The summed E-state index contributed by atoms with van der Waals surface area (Å²) in [6.07, 6.45) is 1.04. The van der Waals surface area contributed by atoms with E-state index in [2.05, 4.69) is 5.32 Å². The van der Waals surface area contributed by atoms with Crippen molar-refractivity contribution in [2.45, 2.75) is 19.4 Å². The number of carbonyl (C=O) groups excluding carboxylic acids is 1. The highest BCUT2D eigenvalue weighted by atomic mass is 16.5. The normalized spacial score (nSPS) is 25.3. The first-order valence-electron chi connectivity index (χ1n) is 4.31. The maximum Gasteiger partial charge on any atom is 0.236 e. The van der Waals surface area contributed by atoms with E-state index >= 15 is 0 Å². The van der Waals surface area contributed by atoms with E-state index in [1.165, 1.54) is 0 Å². The molecule has 0 bridgehead atoms. The van der Waals surface area contributed by atoms with E-state index in [4.69, 9.17) is 10.5 Å². The molecule has 70 valence electrons. The quantitative estimate of drug-likeness (QED) is 0.602. The van der Waals surface area contributed by atoms with Crippen LogP contribution < -0.4 is 11.1 Å². The van der Waals surface area contributed by atoms with Gasteiger partial charge in [-0.15, -0.1) is 0 Å². The Bertz CT molecular complexity index is 153. The minimum atomic E-state index is -0.410. The van der Waals surface area contributed by atoms with Crippen LogP contribution >= 0.6 is 0 Å². The van der Waals surface area contributed by atoms with Crippen molar-refractivity contribution in [1.82, 2.24) is 5.32 Å². The Labute approximate surface area is 72.5 Å². The van der Waals surface area contributed by atoms with E-state index in [-0.39, 0.29) is 5.91 Å². The van der Waals surface area contributed by atoms with Crippen LogP contribution in [0.1, 0.15) is 13.3 Å². The van der Waals surface area contributed by atoms with Crippen LogP contribution in [0, 0.1) is 5.92 Å². The molecule has 12 heavy (non-hydrogen) atoms. The Morgan fingerprint density at radius 3 is 3.08 bits per heavy atom. The van der Waals surface area contributed by atoms with Crippen LogP contribution in [0.3, 0.4) is 0 Å². The molecule has 1 rings (SSSR count). The molecule has 0 aromatic carbocycles. The molecule has 1 aliphatic rings. The van der Waals surface area contributed by atoms with Crippen LogP contribution in [0.25, 0.3) is 0 Å². The third-order valence-electron chi connectivity index (χ3n) is 2.00. The Hall–Kier alpha value is -0.610. The third kappa shape index (κ3) is 2.79. The Morgan fingerprint density at radius 1 is 1.83 bits per heavy atom. The lowest BCUT2D eigenvalue weighted by Gasteiger charge is -2.10. The molecule has 0 aliphatic carbocycles. The highest BCUT2D eigenvalue weighted by molar-refractivity contribution is 5.80. The average Bonchev–Trinajstić information content (AvgIpc) is 2.51. The van der Waals surface area contributed by atoms with Gasteiger partial charge in [0.05, 0.1) is 12.6 Å². The van der Waals surface area contributed by atoms with E-state index in [0.717, 1.165) is 19.6 Å². The molecule has 0 spiro atoms. The number of amides is 1. The van der Waals surface area contributed by atoms with Gasteiger partial charge in [-0.25, -0.2) is 0 Å². The number of ether oxygens (including phenoxy) is 1. The van der Waals surface area contributed by atoms with Gasteiger partial charge >= 0.3 is 0 Å². The number of rotatable bonds is 3. The first-order valence-corrected chi connectivity index (χ1v) is 4.31. The summed E-state index contributed by atoms with van der Waals surface area (Å²) in [6.45, 7) is 3.96. The molecule has 4 nitrogen and oxygen atoms in total. The van der Waals surface area contributed by atoms with Gasteiger partial charge in [0.25, 0.3) is 0 Å². The van der Waals surface area contributed by atoms with Crippen molar-refractivity contribution in [3.8, 4) is 0 Å². The van der Waals surface area contributed by atoms with Gasteiger partial charge in [-0.2, -0.15) is 0 Å². The summed E-state index contributed by atoms with van der Waals surface area (Å²) in [5.41, 5.74) is 5.38. The lowest BCUT2D eigenvalue weighted by atomic mass is 10.1. The van der Waals surface area contributed by atoms with Crippen LogP contribution in [0.2, 0.25) is 0 Å². The first kappa shape index (κ1) is 9.48. The summed E-state index contributed by atoms with van der Waals surface area (Å²) in [5.74, 6) is 0.398. The van der Waals surface area contributed by atoms with E-state index in [0.29, 0.717) is 12.5 Å². The molecule has 1 aliphatic heterocycles. The Balaban J connectivity index is 2.12. The topological polar surface area (TPSA) is 64.4 Å². The number of nitrogens with one attached hydrogen (secondary N) is 1. The molecule has 1 fully saturated rings. The number of hydrogen-bond acceptors (Lipinski definition) is 3. The largest absolute Gasteiger partial charge is 0.381 e. The monoisotopic (exact) mass is 172 g/mol. The van der Waals surface area contributed by atoms with Gasteiger partial charge in [-0.05, 0) is 13.3 Å². The van der Waals surface area contributed by atoms with Gasteiger partial charge in [0, 0.05) is 19.1 Å². The minimum Gasteiger partial charge on any atom is -0.381 e. The fraction of sp³-hybridized carbons (Fsp3) is 0.875. The molecule has 1 saturated heterocycles. The molecule has 0 saturated carbocycles. The van der Waals surface area contributed by atoms with Crippen LogP contribution in [0.5, 0.6) is 0 Å². The zero-order valence-corrected chi connectivity index (χ0v) is 7.38. The summed E-state index contributed by atoms with van der Waals surface area (Å²) < 4.78 is 5.17. The van der Waals surface area contributed by atoms with Gasteiger partial charge in [0.15, 0.2) is 0 Å². The molecule has 0 aromatic rings. The SMILES string of the molecule is CC(N)C(=O)NCC1CCOC1. The molecule has 0 radical (unpaired) electrons. The van der Waals surface area contributed by atoms with Gasteiger partial charge in [0.1, 0.15) is 0 Å². The van der Waals surface area contributed by atoms with Crippen molar-refractivity contribution in [2.24, 2.45) is 11.7 Å². The fourth-order valence-electron chi connectivity index (χ4n) is 1.15.